The molecule has 0 spiro atoms. The fraction of sp³-hybridized carbons (Fsp3) is 0.909. The minimum absolute atomic E-state index is 0.112. The van der Waals surface area contributed by atoms with Gasteiger partial charge in [0.2, 0.25) is 5.91 Å². The van der Waals surface area contributed by atoms with Crippen molar-refractivity contribution in [3.05, 3.63) is 0 Å². The summed E-state index contributed by atoms with van der Waals surface area (Å²) in [6.45, 7) is 8.21. The minimum Gasteiger partial charge on any atom is -0.396 e. The summed E-state index contributed by atoms with van der Waals surface area (Å²) in [6, 6.07) is 0. The molecule has 0 aromatic rings. The van der Waals surface area contributed by atoms with E-state index < -0.39 is 0 Å². The van der Waals surface area contributed by atoms with E-state index in [2.05, 4.69) is 19.2 Å². The molecule has 0 aromatic heterocycles. The summed E-state index contributed by atoms with van der Waals surface area (Å²) >= 11 is 0. The lowest BCUT2D eigenvalue weighted by molar-refractivity contribution is -0.124. The minimum atomic E-state index is -0.287. The van der Waals surface area contributed by atoms with Crippen molar-refractivity contribution in [3.63, 3.8) is 0 Å². The fourth-order valence-corrected chi connectivity index (χ4v) is 1.68. The number of carbonyl (C=O) groups is 1. The van der Waals surface area contributed by atoms with Crippen molar-refractivity contribution in [2.45, 2.75) is 46.1 Å². The molecular formula is C11H21NO2. The summed E-state index contributed by atoms with van der Waals surface area (Å²) < 4.78 is 0. The maximum atomic E-state index is 11.7. The third-order valence-electron chi connectivity index (χ3n) is 3.03. The molecule has 0 bridgehead atoms. The third kappa shape index (κ3) is 2.71. The molecule has 2 N–H and O–H groups in total. The maximum absolute atomic E-state index is 11.7. The third-order valence-corrected chi connectivity index (χ3v) is 3.03. The quantitative estimate of drug-likeness (QED) is 0.717. The van der Waals surface area contributed by atoms with Gasteiger partial charge in [-0.3, -0.25) is 4.79 Å². The van der Waals surface area contributed by atoms with Gasteiger partial charge < -0.3 is 10.4 Å². The maximum Gasteiger partial charge on any atom is 0.224 e. The Labute approximate surface area is 85.9 Å². The van der Waals surface area contributed by atoms with Crippen molar-refractivity contribution in [2.24, 2.45) is 11.3 Å². The van der Waals surface area contributed by atoms with Crippen molar-refractivity contribution in [2.75, 3.05) is 6.61 Å². The number of amides is 1. The second-order valence-corrected chi connectivity index (χ2v) is 5.59. The highest BCUT2D eigenvalue weighted by Crippen LogP contribution is 2.51. The smallest absolute Gasteiger partial charge is 0.224 e. The van der Waals surface area contributed by atoms with Gasteiger partial charge in [-0.25, -0.2) is 0 Å². The summed E-state index contributed by atoms with van der Waals surface area (Å²) in [7, 11) is 0. The Hall–Kier alpha value is -0.570. The highest BCUT2D eigenvalue weighted by Gasteiger charge is 2.51. The molecule has 1 aliphatic carbocycles. The molecule has 0 heterocycles. The van der Waals surface area contributed by atoms with Crippen LogP contribution in [0.1, 0.15) is 40.5 Å². The first-order chi connectivity index (χ1) is 6.28. The van der Waals surface area contributed by atoms with Gasteiger partial charge in [0.15, 0.2) is 0 Å². The number of carbonyl (C=O) groups excluding carboxylic acids is 1. The zero-order valence-electron chi connectivity index (χ0n) is 9.55. The van der Waals surface area contributed by atoms with E-state index in [0.29, 0.717) is 6.42 Å². The van der Waals surface area contributed by atoms with Crippen molar-refractivity contribution in [1.82, 2.24) is 5.32 Å². The Bertz CT molecular complexity index is 233. The Kier molecular flexibility index (Phi) is 2.91. The Morgan fingerprint density at radius 2 is 2.07 bits per heavy atom. The lowest BCUT2D eigenvalue weighted by Crippen LogP contribution is -2.45. The van der Waals surface area contributed by atoms with E-state index in [9.17, 15) is 4.79 Å². The SMILES string of the molecule is CC(C)(CCO)NC(=O)C1CC1(C)C. The predicted molar refractivity (Wildman–Crippen MR) is 55.8 cm³/mol. The van der Waals surface area contributed by atoms with E-state index in [1.807, 2.05) is 13.8 Å². The summed E-state index contributed by atoms with van der Waals surface area (Å²) in [5.41, 5.74) is -0.107. The molecule has 82 valence electrons. The van der Waals surface area contributed by atoms with E-state index >= 15 is 0 Å². The second-order valence-electron chi connectivity index (χ2n) is 5.59. The first-order valence-electron chi connectivity index (χ1n) is 5.21. The van der Waals surface area contributed by atoms with Gasteiger partial charge in [0, 0.05) is 18.1 Å². The molecule has 1 aliphatic rings. The molecule has 0 saturated heterocycles. The van der Waals surface area contributed by atoms with E-state index in [-0.39, 0.29) is 29.4 Å². The number of aliphatic hydroxyl groups is 1. The van der Waals surface area contributed by atoms with Crippen LogP contribution in [0.2, 0.25) is 0 Å². The molecule has 1 amide bonds. The number of hydrogen-bond acceptors (Lipinski definition) is 2. The van der Waals surface area contributed by atoms with Crippen LogP contribution in [-0.4, -0.2) is 23.2 Å². The van der Waals surface area contributed by atoms with Crippen LogP contribution in [0, 0.1) is 11.3 Å². The molecule has 3 heteroatoms. The first-order valence-corrected chi connectivity index (χ1v) is 5.21. The molecule has 3 nitrogen and oxygen atoms in total. The van der Waals surface area contributed by atoms with Gasteiger partial charge >= 0.3 is 0 Å². The molecule has 1 unspecified atom stereocenters. The average molecular weight is 199 g/mol. The number of aliphatic hydroxyl groups excluding tert-OH is 1. The average Bonchev–Trinajstić information content (AvgIpc) is 2.58. The number of nitrogens with one attached hydrogen (secondary N) is 1. The predicted octanol–water partition coefficient (Wildman–Crippen LogP) is 1.31. The highest BCUT2D eigenvalue weighted by atomic mass is 16.3. The number of hydrogen-bond donors (Lipinski definition) is 2. The van der Waals surface area contributed by atoms with E-state index in [1.54, 1.807) is 0 Å². The van der Waals surface area contributed by atoms with Crippen molar-refractivity contribution in [3.8, 4) is 0 Å². The Morgan fingerprint density at radius 1 is 1.57 bits per heavy atom. The molecule has 1 saturated carbocycles. The van der Waals surface area contributed by atoms with Gasteiger partial charge in [-0.2, -0.15) is 0 Å². The van der Waals surface area contributed by atoms with Gasteiger partial charge in [-0.05, 0) is 32.1 Å². The van der Waals surface area contributed by atoms with Gasteiger partial charge in [0.1, 0.15) is 0 Å². The van der Waals surface area contributed by atoms with Crippen LogP contribution >= 0.6 is 0 Å². The second kappa shape index (κ2) is 3.54. The topological polar surface area (TPSA) is 49.3 Å². The van der Waals surface area contributed by atoms with Crippen LogP contribution in [0.4, 0.5) is 0 Å². The molecule has 1 atom stereocenters. The molecular weight excluding hydrogens is 178 g/mol. The zero-order chi connectivity index (χ0) is 11.0. The van der Waals surface area contributed by atoms with Crippen LogP contribution in [0.15, 0.2) is 0 Å². The lowest BCUT2D eigenvalue weighted by atomic mass is 10.0. The molecule has 0 aliphatic heterocycles. The normalized spacial score (nSPS) is 24.5. The van der Waals surface area contributed by atoms with Crippen molar-refractivity contribution in [1.29, 1.82) is 0 Å². The van der Waals surface area contributed by atoms with Crippen LogP contribution in [0.25, 0.3) is 0 Å². The van der Waals surface area contributed by atoms with Crippen molar-refractivity contribution >= 4 is 5.91 Å². The van der Waals surface area contributed by atoms with Crippen molar-refractivity contribution < 1.29 is 9.90 Å². The number of rotatable bonds is 4. The van der Waals surface area contributed by atoms with E-state index in [4.69, 9.17) is 5.11 Å². The van der Waals surface area contributed by atoms with E-state index in [0.717, 1.165) is 6.42 Å². The summed E-state index contributed by atoms with van der Waals surface area (Å²) in [4.78, 5) is 11.7. The Balaban J connectivity index is 2.42. The molecule has 0 radical (unpaired) electrons. The molecule has 14 heavy (non-hydrogen) atoms. The Morgan fingerprint density at radius 3 is 2.43 bits per heavy atom. The highest BCUT2D eigenvalue weighted by molar-refractivity contribution is 5.82. The van der Waals surface area contributed by atoms with Crippen LogP contribution in [-0.2, 0) is 4.79 Å². The largest absolute Gasteiger partial charge is 0.396 e. The molecule has 1 rings (SSSR count). The van der Waals surface area contributed by atoms with Gasteiger partial charge in [-0.1, -0.05) is 13.8 Å². The first kappa shape index (κ1) is 11.5. The van der Waals surface area contributed by atoms with Gasteiger partial charge in [0.25, 0.3) is 0 Å². The standard InChI is InChI=1S/C11H21NO2/c1-10(2)7-8(10)9(14)12-11(3,4)5-6-13/h8,13H,5-7H2,1-4H3,(H,12,14). The monoisotopic (exact) mass is 199 g/mol. The lowest BCUT2D eigenvalue weighted by Gasteiger charge is -2.25. The van der Waals surface area contributed by atoms with Gasteiger partial charge in [0.05, 0.1) is 0 Å². The van der Waals surface area contributed by atoms with Gasteiger partial charge in [-0.15, -0.1) is 0 Å². The zero-order valence-corrected chi connectivity index (χ0v) is 9.55. The van der Waals surface area contributed by atoms with E-state index in [1.165, 1.54) is 0 Å². The molecule has 1 fully saturated rings. The fourth-order valence-electron chi connectivity index (χ4n) is 1.68. The molecule has 0 aromatic carbocycles. The summed E-state index contributed by atoms with van der Waals surface area (Å²) in [5, 5.41) is 11.8. The van der Waals surface area contributed by atoms with Crippen LogP contribution in [0.3, 0.4) is 0 Å². The summed E-state index contributed by atoms with van der Waals surface area (Å²) in [5.74, 6) is 0.300. The van der Waals surface area contributed by atoms with Crippen LogP contribution < -0.4 is 5.32 Å². The van der Waals surface area contributed by atoms with Crippen LogP contribution in [0.5, 0.6) is 0 Å². The summed E-state index contributed by atoms with van der Waals surface area (Å²) in [6.07, 6.45) is 1.58.